The second-order valence-corrected chi connectivity index (χ2v) is 19.1. The fraction of sp³-hybridized carbons (Fsp3) is 0. The van der Waals surface area contributed by atoms with Crippen LogP contribution in [0.2, 0.25) is 0 Å². The van der Waals surface area contributed by atoms with Gasteiger partial charge in [0.1, 0.15) is 0 Å². The fourth-order valence-corrected chi connectivity index (χ4v) is 11.2. The first-order valence-electron chi connectivity index (χ1n) is 25.4. The molecule has 10 aromatic carbocycles. The molecule has 0 unspecified atom stereocenters. The summed E-state index contributed by atoms with van der Waals surface area (Å²) in [5.41, 5.74) is 15.3. The molecule has 0 aliphatic heterocycles. The molecule has 0 fully saturated rings. The monoisotopic (exact) mass is 1020 g/mol. The lowest BCUT2D eigenvalue weighted by Crippen LogP contribution is -2.03. The van der Waals surface area contributed by atoms with Crippen LogP contribution in [-0.2, 0) is 0 Å². The van der Waals surface area contributed by atoms with Gasteiger partial charge < -0.3 is 9.13 Å². The Kier molecular flexibility index (Phi) is 11.6. The van der Waals surface area contributed by atoms with Crippen LogP contribution in [0.4, 0.5) is 22.7 Å². The molecule has 3 aromatic heterocycles. The molecular weight excluding hydrogens is 981 g/mol. The van der Waals surface area contributed by atoms with E-state index in [9.17, 15) is 10.5 Å². The number of nitrogens with zero attached hydrogens (tertiary/aromatic N) is 10. The van der Waals surface area contributed by atoms with Gasteiger partial charge in [-0.25, -0.2) is 29.3 Å². The van der Waals surface area contributed by atoms with E-state index in [0.717, 1.165) is 94.2 Å². The first kappa shape index (κ1) is 47.5. The van der Waals surface area contributed by atoms with Crippen molar-refractivity contribution in [1.29, 1.82) is 10.5 Å². The van der Waals surface area contributed by atoms with E-state index >= 15 is 0 Å². The number of fused-ring (bicyclic) bond motifs is 6. The van der Waals surface area contributed by atoms with Crippen molar-refractivity contribution in [3.05, 3.63) is 275 Å². The maximum Gasteiger partial charge on any atom is 0.186 e. The Hall–Kier alpha value is -12.2. The summed E-state index contributed by atoms with van der Waals surface area (Å²) in [6.45, 7) is 31.9. The molecule has 0 N–H and O–H groups in total. The lowest BCUT2D eigenvalue weighted by Gasteiger charge is -2.20. The standard InChI is InChI=1S/C70H36N10/c1-73-50-35-49(42-72)68(61(39-50)76-4)46-28-31-66-55(36-46)53-23-13-16-26-64(53)80(66)67-38-48(70-77-57(44-17-7-5-8-18-44)40-58(78-70)45-19-9-6-10-20-45)27-30-54(67)51-21-11-14-24-62(51)79-63-25-15-12-22-52(63)56-37-47(29-32-65(56)79)69-59(74-2)33-43(41-71)34-60(69)75-3/h5-40H. The lowest BCUT2D eigenvalue weighted by atomic mass is 9.96. The van der Waals surface area contributed by atoms with Crippen molar-refractivity contribution in [3.8, 4) is 90.8 Å². The van der Waals surface area contributed by atoms with Crippen LogP contribution < -0.4 is 0 Å². The number of hydrogen-bond acceptors (Lipinski definition) is 4. The van der Waals surface area contributed by atoms with E-state index in [1.807, 2.05) is 115 Å². The molecule has 0 amide bonds. The Labute approximate surface area is 459 Å². The number of hydrogen-bond donors (Lipinski definition) is 0. The normalized spacial score (nSPS) is 10.9. The highest BCUT2D eigenvalue weighted by molar-refractivity contribution is 6.13. The molecule has 0 aliphatic carbocycles. The Bertz CT molecular complexity index is 4900. The summed E-state index contributed by atoms with van der Waals surface area (Å²) < 4.78 is 4.54. The van der Waals surface area contributed by atoms with Gasteiger partial charge in [-0.1, -0.05) is 146 Å². The van der Waals surface area contributed by atoms with Gasteiger partial charge in [0, 0.05) is 66.1 Å². The minimum absolute atomic E-state index is 0.231. The van der Waals surface area contributed by atoms with Crippen molar-refractivity contribution in [2.24, 2.45) is 0 Å². The van der Waals surface area contributed by atoms with E-state index in [2.05, 4.69) is 120 Å². The SMILES string of the molecule is [C-]#[N+]c1cc(C#N)c(-c2ccc3c(c2)c2ccccc2n3-c2cc(-c3nc(-c4ccccc4)cc(-c4ccccc4)n3)ccc2-c2ccccc2-n2c3ccccc3c3cc(-c4c([N+]#[C-])cc(C#N)cc4[N+]#[C-])ccc32)c([N+]#[C-])c1. The maximum absolute atomic E-state index is 10.4. The molecule has 0 aliphatic rings. The topological polar surface area (TPSA) is 101 Å². The summed E-state index contributed by atoms with van der Waals surface area (Å²) in [5, 5.41) is 23.9. The number of benzene rings is 10. The highest BCUT2D eigenvalue weighted by atomic mass is 15.0. The second-order valence-electron chi connectivity index (χ2n) is 19.1. The average Bonchev–Trinajstić information content (AvgIpc) is 4.12. The van der Waals surface area contributed by atoms with Gasteiger partial charge >= 0.3 is 0 Å². The van der Waals surface area contributed by atoms with Gasteiger partial charge in [-0.15, -0.1) is 0 Å². The molecule has 0 bridgehead atoms. The van der Waals surface area contributed by atoms with Gasteiger partial charge in [-0.3, -0.25) is 0 Å². The van der Waals surface area contributed by atoms with Crippen LogP contribution in [0, 0.1) is 49.0 Å². The molecule has 0 radical (unpaired) electrons. The van der Waals surface area contributed by atoms with Crippen molar-refractivity contribution in [1.82, 2.24) is 19.1 Å². The molecule has 10 heteroatoms. The third-order valence-electron chi connectivity index (χ3n) is 14.7. The van der Waals surface area contributed by atoms with Gasteiger partial charge in [0.2, 0.25) is 0 Å². The Morgan fingerprint density at radius 3 is 1.41 bits per heavy atom. The first-order chi connectivity index (χ1) is 39.4. The number of nitriles is 2. The summed E-state index contributed by atoms with van der Waals surface area (Å²) >= 11 is 0. The van der Waals surface area contributed by atoms with Crippen LogP contribution in [-0.4, -0.2) is 19.1 Å². The van der Waals surface area contributed by atoms with Crippen LogP contribution in [0.25, 0.3) is 142 Å². The zero-order chi connectivity index (χ0) is 54.4. The molecule has 0 atom stereocenters. The highest BCUT2D eigenvalue weighted by Crippen LogP contribution is 2.47. The van der Waals surface area contributed by atoms with Crippen LogP contribution in [0.5, 0.6) is 0 Å². The van der Waals surface area contributed by atoms with Crippen LogP contribution in [0.15, 0.2) is 218 Å². The molecule has 0 saturated heterocycles. The predicted molar refractivity (Wildman–Crippen MR) is 318 cm³/mol. The summed E-state index contributed by atoms with van der Waals surface area (Å²) in [6, 6.07) is 76.0. The average molecular weight is 1020 g/mol. The van der Waals surface area contributed by atoms with Gasteiger partial charge in [-0.05, 0) is 89.5 Å². The molecule has 80 heavy (non-hydrogen) atoms. The third-order valence-corrected chi connectivity index (χ3v) is 14.7. The molecule has 3 heterocycles. The fourth-order valence-electron chi connectivity index (χ4n) is 11.2. The van der Waals surface area contributed by atoms with Gasteiger partial charge in [0.25, 0.3) is 0 Å². The lowest BCUT2D eigenvalue weighted by molar-refractivity contribution is 1.15. The zero-order valence-corrected chi connectivity index (χ0v) is 42.3. The Morgan fingerprint density at radius 1 is 0.362 bits per heavy atom. The van der Waals surface area contributed by atoms with Crippen LogP contribution in [0.3, 0.4) is 0 Å². The van der Waals surface area contributed by atoms with Crippen molar-refractivity contribution < 1.29 is 0 Å². The summed E-state index contributed by atoms with van der Waals surface area (Å²) in [5.74, 6) is 0.538. The summed E-state index contributed by atoms with van der Waals surface area (Å²) in [6.07, 6.45) is 0. The predicted octanol–water partition coefficient (Wildman–Crippen LogP) is 18.6. The van der Waals surface area contributed by atoms with Crippen molar-refractivity contribution in [2.75, 3.05) is 0 Å². The maximum atomic E-state index is 10.4. The molecule has 10 nitrogen and oxygen atoms in total. The molecule has 13 rings (SSSR count). The summed E-state index contributed by atoms with van der Waals surface area (Å²) in [4.78, 5) is 25.5. The zero-order valence-electron chi connectivity index (χ0n) is 42.3. The highest BCUT2D eigenvalue weighted by Gasteiger charge is 2.24. The Balaban J connectivity index is 1.08. The van der Waals surface area contributed by atoms with Gasteiger partial charge in [0.15, 0.2) is 28.6 Å². The molecular formula is C70H36N10. The third kappa shape index (κ3) is 7.84. The van der Waals surface area contributed by atoms with Crippen molar-refractivity contribution >= 4 is 66.4 Å². The quantitative estimate of drug-likeness (QED) is 0.142. The van der Waals surface area contributed by atoms with E-state index in [4.69, 9.17) is 36.3 Å². The van der Waals surface area contributed by atoms with Gasteiger partial charge in [0.05, 0.1) is 83.3 Å². The molecule has 0 saturated carbocycles. The second kappa shape index (κ2) is 19.5. The van der Waals surface area contributed by atoms with Crippen molar-refractivity contribution in [3.63, 3.8) is 0 Å². The van der Waals surface area contributed by atoms with E-state index in [-0.39, 0.29) is 33.9 Å². The van der Waals surface area contributed by atoms with Crippen LogP contribution in [0.1, 0.15) is 11.1 Å². The number of aromatic nitrogens is 4. The van der Waals surface area contributed by atoms with E-state index in [0.29, 0.717) is 28.1 Å². The van der Waals surface area contributed by atoms with E-state index in [1.165, 1.54) is 0 Å². The largest absolute Gasteiger partial charge is 0.309 e. The summed E-state index contributed by atoms with van der Waals surface area (Å²) in [7, 11) is 0. The van der Waals surface area contributed by atoms with Crippen LogP contribution >= 0.6 is 0 Å². The smallest absolute Gasteiger partial charge is 0.186 e. The van der Waals surface area contributed by atoms with Gasteiger partial charge in [-0.2, -0.15) is 10.5 Å². The van der Waals surface area contributed by atoms with Crippen molar-refractivity contribution in [2.45, 2.75) is 0 Å². The molecule has 13 aromatic rings. The first-order valence-corrected chi connectivity index (χ1v) is 25.4. The molecule has 366 valence electrons. The van der Waals surface area contributed by atoms with E-state index < -0.39 is 0 Å². The number of rotatable bonds is 8. The Morgan fingerprint density at radius 2 is 0.850 bits per heavy atom. The van der Waals surface area contributed by atoms with E-state index in [1.54, 1.807) is 24.3 Å². The number of para-hydroxylation sites is 3. The minimum Gasteiger partial charge on any atom is -0.309 e. The molecule has 0 spiro atoms. The minimum atomic E-state index is 0.231.